The highest BCUT2D eigenvalue weighted by atomic mass is 16.3. The summed E-state index contributed by atoms with van der Waals surface area (Å²) in [7, 11) is 0. The molecule has 24 heavy (non-hydrogen) atoms. The van der Waals surface area contributed by atoms with Crippen LogP contribution in [-0.2, 0) is 0 Å². The number of ketones is 2. The van der Waals surface area contributed by atoms with E-state index in [4.69, 9.17) is 0 Å². The van der Waals surface area contributed by atoms with Crippen LogP contribution >= 0.6 is 0 Å². The van der Waals surface area contributed by atoms with Gasteiger partial charge in [0.05, 0.1) is 11.1 Å². The topological polar surface area (TPSA) is 115 Å². The molecule has 4 rings (SSSR count). The standard InChI is InChI=1S/C18H10O6/c19-8-1-2-10-7(3-8)4-11-15(17(10)23)18(24)14-12(16(11)22)5-9(20)6-13(14)21/h1-6,19-21,23H. The molecule has 0 saturated heterocycles. The minimum Gasteiger partial charge on any atom is -0.508 e. The molecule has 3 aromatic carbocycles. The van der Waals surface area contributed by atoms with E-state index in [1.54, 1.807) is 0 Å². The van der Waals surface area contributed by atoms with Gasteiger partial charge in [0, 0.05) is 22.6 Å². The molecule has 0 amide bonds. The SMILES string of the molecule is O=C1c2cc(O)cc(O)c2C(=O)c2c1cc1cc(O)ccc1c2O. The zero-order valence-electron chi connectivity index (χ0n) is 12.1. The van der Waals surface area contributed by atoms with Crippen molar-refractivity contribution in [2.45, 2.75) is 0 Å². The highest BCUT2D eigenvalue weighted by Gasteiger charge is 2.35. The molecule has 4 N–H and O–H groups in total. The van der Waals surface area contributed by atoms with Gasteiger partial charge in [-0.25, -0.2) is 0 Å². The first-order valence-corrected chi connectivity index (χ1v) is 7.02. The molecule has 0 spiro atoms. The predicted octanol–water partition coefficient (Wildman–Crippen LogP) is 2.44. The van der Waals surface area contributed by atoms with Gasteiger partial charge in [0.1, 0.15) is 23.0 Å². The molecule has 0 aromatic heterocycles. The minimum atomic E-state index is -0.704. The second-order valence-electron chi connectivity index (χ2n) is 5.60. The van der Waals surface area contributed by atoms with Crippen LogP contribution < -0.4 is 0 Å². The van der Waals surface area contributed by atoms with Crippen molar-refractivity contribution in [3.05, 3.63) is 58.7 Å². The van der Waals surface area contributed by atoms with E-state index in [2.05, 4.69) is 0 Å². The number of fused-ring (bicyclic) bond motifs is 3. The first-order valence-electron chi connectivity index (χ1n) is 7.02. The molecular weight excluding hydrogens is 312 g/mol. The molecule has 0 radical (unpaired) electrons. The molecule has 0 bridgehead atoms. The average molecular weight is 322 g/mol. The van der Waals surface area contributed by atoms with Gasteiger partial charge in [0.25, 0.3) is 0 Å². The summed E-state index contributed by atoms with van der Waals surface area (Å²) >= 11 is 0. The zero-order valence-corrected chi connectivity index (χ0v) is 12.1. The lowest BCUT2D eigenvalue weighted by atomic mass is 9.81. The van der Waals surface area contributed by atoms with Gasteiger partial charge in [-0.3, -0.25) is 9.59 Å². The van der Waals surface area contributed by atoms with E-state index in [9.17, 15) is 30.0 Å². The number of benzene rings is 3. The number of carbonyl (C=O) groups excluding carboxylic acids is 2. The van der Waals surface area contributed by atoms with Gasteiger partial charge in [-0.2, -0.15) is 0 Å². The summed E-state index contributed by atoms with van der Waals surface area (Å²) in [5.74, 6) is -2.63. The van der Waals surface area contributed by atoms with Gasteiger partial charge in [0.2, 0.25) is 5.78 Å². The first kappa shape index (κ1) is 14.1. The van der Waals surface area contributed by atoms with Gasteiger partial charge in [-0.05, 0) is 35.7 Å². The molecule has 0 fully saturated rings. The molecule has 6 nitrogen and oxygen atoms in total. The largest absolute Gasteiger partial charge is 0.508 e. The number of hydrogen-bond acceptors (Lipinski definition) is 6. The van der Waals surface area contributed by atoms with Crippen LogP contribution in [0.2, 0.25) is 0 Å². The molecule has 0 aliphatic heterocycles. The summed E-state index contributed by atoms with van der Waals surface area (Å²) in [6, 6.07) is 7.61. The Bertz CT molecular complexity index is 1080. The average Bonchev–Trinajstić information content (AvgIpc) is 2.51. The third kappa shape index (κ3) is 1.70. The second-order valence-corrected chi connectivity index (χ2v) is 5.60. The summed E-state index contributed by atoms with van der Waals surface area (Å²) < 4.78 is 0. The van der Waals surface area contributed by atoms with Crippen molar-refractivity contribution in [3.8, 4) is 23.0 Å². The van der Waals surface area contributed by atoms with Crippen LogP contribution in [0.1, 0.15) is 31.8 Å². The minimum absolute atomic E-state index is 0.0481. The number of phenolic OH excluding ortho intramolecular Hbond substituents is 4. The van der Waals surface area contributed by atoms with E-state index in [0.29, 0.717) is 10.8 Å². The Kier molecular flexibility index (Phi) is 2.63. The van der Waals surface area contributed by atoms with Crippen LogP contribution in [-0.4, -0.2) is 32.0 Å². The van der Waals surface area contributed by atoms with Gasteiger partial charge >= 0.3 is 0 Å². The number of rotatable bonds is 0. The van der Waals surface area contributed by atoms with Crippen LogP contribution in [0.3, 0.4) is 0 Å². The van der Waals surface area contributed by atoms with Gasteiger partial charge in [0.15, 0.2) is 5.78 Å². The predicted molar refractivity (Wildman–Crippen MR) is 83.9 cm³/mol. The monoisotopic (exact) mass is 322 g/mol. The summed E-state index contributed by atoms with van der Waals surface area (Å²) in [4.78, 5) is 25.4. The van der Waals surface area contributed by atoms with Crippen LogP contribution in [0.15, 0.2) is 36.4 Å². The maximum Gasteiger partial charge on any atom is 0.201 e. The molecule has 1 aliphatic carbocycles. The fourth-order valence-corrected chi connectivity index (χ4v) is 3.08. The summed E-state index contributed by atoms with van der Waals surface area (Å²) in [5.41, 5.74) is -0.637. The normalized spacial score (nSPS) is 13.0. The van der Waals surface area contributed by atoms with Crippen LogP contribution in [0.25, 0.3) is 10.8 Å². The first-order chi connectivity index (χ1) is 11.4. The van der Waals surface area contributed by atoms with E-state index < -0.39 is 17.3 Å². The Morgan fingerprint density at radius 1 is 0.667 bits per heavy atom. The molecular formula is C18H10O6. The van der Waals surface area contributed by atoms with Crippen molar-refractivity contribution < 1.29 is 30.0 Å². The van der Waals surface area contributed by atoms with Crippen molar-refractivity contribution in [2.75, 3.05) is 0 Å². The second kappa shape index (κ2) is 4.48. The van der Waals surface area contributed by atoms with Gasteiger partial charge < -0.3 is 20.4 Å². The summed E-state index contributed by atoms with van der Waals surface area (Å²) in [6.07, 6.45) is 0. The van der Waals surface area contributed by atoms with Crippen LogP contribution in [0.5, 0.6) is 23.0 Å². The van der Waals surface area contributed by atoms with E-state index in [1.165, 1.54) is 24.3 Å². The van der Waals surface area contributed by atoms with Crippen molar-refractivity contribution >= 4 is 22.3 Å². The van der Waals surface area contributed by atoms with Gasteiger partial charge in [-0.15, -0.1) is 0 Å². The van der Waals surface area contributed by atoms with Crippen LogP contribution in [0.4, 0.5) is 0 Å². The van der Waals surface area contributed by atoms with E-state index in [1.807, 2.05) is 0 Å². The van der Waals surface area contributed by atoms with Gasteiger partial charge in [-0.1, -0.05) is 0 Å². The molecule has 0 atom stereocenters. The van der Waals surface area contributed by atoms with E-state index >= 15 is 0 Å². The Hall–Kier alpha value is -3.54. The third-order valence-corrected chi connectivity index (χ3v) is 4.14. The molecule has 0 heterocycles. The van der Waals surface area contributed by atoms with Crippen molar-refractivity contribution in [1.82, 2.24) is 0 Å². The van der Waals surface area contributed by atoms with Crippen molar-refractivity contribution in [3.63, 3.8) is 0 Å². The lowest BCUT2D eigenvalue weighted by Crippen LogP contribution is -2.21. The Labute approximate surface area is 134 Å². The smallest absolute Gasteiger partial charge is 0.201 e. The molecule has 6 heteroatoms. The number of aromatic hydroxyl groups is 4. The van der Waals surface area contributed by atoms with Crippen molar-refractivity contribution in [2.24, 2.45) is 0 Å². The molecule has 1 aliphatic rings. The maximum absolute atomic E-state index is 12.7. The highest BCUT2D eigenvalue weighted by molar-refractivity contribution is 6.31. The van der Waals surface area contributed by atoms with E-state index in [0.717, 1.165) is 12.1 Å². The Morgan fingerprint density at radius 2 is 1.38 bits per heavy atom. The van der Waals surface area contributed by atoms with Crippen molar-refractivity contribution in [1.29, 1.82) is 0 Å². The Balaban J connectivity index is 2.12. The number of phenols is 4. The third-order valence-electron chi connectivity index (χ3n) is 4.14. The summed E-state index contributed by atoms with van der Waals surface area (Å²) in [6.45, 7) is 0. The van der Waals surface area contributed by atoms with E-state index in [-0.39, 0.29) is 39.5 Å². The number of carbonyl (C=O) groups is 2. The lowest BCUT2D eigenvalue weighted by molar-refractivity contribution is 0.0974. The fourth-order valence-electron chi connectivity index (χ4n) is 3.08. The molecule has 118 valence electrons. The zero-order chi connectivity index (χ0) is 17.2. The molecule has 0 saturated carbocycles. The maximum atomic E-state index is 12.7. The summed E-state index contributed by atoms with van der Waals surface area (Å²) in [5, 5.41) is 40.2. The number of hydrogen-bond donors (Lipinski definition) is 4. The highest BCUT2D eigenvalue weighted by Crippen LogP contribution is 2.42. The molecule has 3 aromatic rings. The Morgan fingerprint density at radius 3 is 2.12 bits per heavy atom. The molecule has 0 unspecified atom stereocenters. The fraction of sp³-hybridized carbons (Fsp3) is 0. The lowest BCUT2D eigenvalue weighted by Gasteiger charge is -2.20. The van der Waals surface area contributed by atoms with Crippen LogP contribution in [0, 0.1) is 0 Å². The quantitative estimate of drug-likeness (QED) is 0.395.